The van der Waals surface area contributed by atoms with Crippen molar-refractivity contribution in [3.63, 3.8) is 0 Å². The molecule has 2 heterocycles. The van der Waals surface area contributed by atoms with E-state index >= 15 is 0 Å². The van der Waals surface area contributed by atoms with Crippen LogP contribution in [0, 0.1) is 0 Å². The third-order valence-electron chi connectivity index (χ3n) is 3.60. The van der Waals surface area contributed by atoms with E-state index in [4.69, 9.17) is 11.6 Å². The van der Waals surface area contributed by atoms with E-state index in [0.717, 1.165) is 22.2 Å². The van der Waals surface area contributed by atoms with Crippen molar-refractivity contribution < 1.29 is 14.4 Å². The van der Waals surface area contributed by atoms with Gasteiger partial charge in [0, 0.05) is 36.1 Å². The number of nitrogens with one attached hydrogen (secondary N) is 1. The summed E-state index contributed by atoms with van der Waals surface area (Å²) in [4.78, 5) is 41.7. The summed E-state index contributed by atoms with van der Waals surface area (Å²) in [7, 11) is 0. The molecule has 6 nitrogen and oxygen atoms in total. The summed E-state index contributed by atoms with van der Waals surface area (Å²) in [6, 6.07) is 10.1. The van der Waals surface area contributed by atoms with Gasteiger partial charge in [0.15, 0.2) is 0 Å². The monoisotopic (exact) mass is 387 g/mol. The number of imide groups is 1. The lowest BCUT2D eigenvalue weighted by molar-refractivity contribution is -0.122. The summed E-state index contributed by atoms with van der Waals surface area (Å²) in [6.07, 6.45) is 4.69. The first-order valence-corrected chi connectivity index (χ1v) is 8.93. The van der Waals surface area contributed by atoms with Gasteiger partial charge < -0.3 is 5.32 Å². The van der Waals surface area contributed by atoms with Crippen LogP contribution in [0.15, 0.2) is 53.7 Å². The van der Waals surface area contributed by atoms with Crippen molar-refractivity contribution in [2.45, 2.75) is 0 Å². The standard InChI is InChI=1S/C18H14ClN3O3S/c19-14-3-1-12(2-4-14)11-15-17(24)22(18(25)26-15)10-9-21-16(23)13-5-7-20-8-6-13/h1-8,11H,9-10H2,(H,21,23)/b15-11-. The summed E-state index contributed by atoms with van der Waals surface area (Å²) >= 11 is 6.72. The average molecular weight is 388 g/mol. The van der Waals surface area contributed by atoms with Crippen LogP contribution in [0.3, 0.4) is 0 Å². The van der Waals surface area contributed by atoms with Crippen molar-refractivity contribution in [2.24, 2.45) is 0 Å². The third-order valence-corrected chi connectivity index (χ3v) is 4.76. The van der Waals surface area contributed by atoms with E-state index in [0.29, 0.717) is 15.5 Å². The normalized spacial score (nSPS) is 15.6. The van der Waals surface area contributed by atoms with Gasteiger partial charge in [-0.3, -0.25) is 24.3 Å². The molecule has 0 unspecified atom stereocenters. The topological polar surface area (TPSA) is 79.4 Å². The van der Waals surface area contributed by atoms with Gasteiger partial charge in [-0.1, -0.05) is 23.7 Å². The Labute approximate surface area is 159 Å². The van der Waals surface area contributed by atoms with Gasteiger partial charge in [-0.05, 0) is 47.7 Å². The number of amides is 3. The Morgan fingerprint density at radius 3 is 2.54 bits per heavy atom. The molecule has 1 aliphatic heterocycles. The van der Waals surface area contributed by atoms with Crippen LogP contribution in [-0.2, 0) is 4.79 Å². The van der Waals surface area contributed by atoms with Gasteiger partial charge >= 0.3 is 0 Å². The van der Waals surface area contributed by atoms with Crippen LogP contribution in [0.25, 0.3) is 6.08 Å². The Balaban J connectivity index is 1.59. The number of hydrogen-bond acceptors (Lipinski definition) is 5. The smallest absolute Gasteiger partial charge is 0.293 e. The van der Waals surface area contributed by atoms with Gasteiger partial charge in [0.05, 0.1) is 4.91 Å². The summed E-state index contributed by atoms with van der Waals surface area (Å²) in [5.74, 6) is -0.649. The molecule has 0 atom stereocenters. The van der Waals surface area contributed by atoms with Crippen molar-refractivity contribution in [3.8, 4) is 0 Å². The van der Waals surface area contributed by atoms with Gasteiger partial charge in [-0.15, -0.1) is 0 Å². The Morgan fingerprint density at radius 1 is 1.15 bits per heavy atom. The number of aromatic nitrogens is 1. The first-order chi connectivity index (χ1) is 12.5. The lowest BCUT2D eigenvalue weighted by Crippen LogP contribution is -2.37. The lowest BCUT2D eigenvalue weighted by Gasteiger charge is -2.12. The number of carbonyl (C=O) groups is 3. The lowest BCUT2D eigenvalue weighted by atomic mass is 10.2. The van der Waals surface area contributed by atoms with Crippen LogP contribution in [0.1, 0.15) is 15.9 Å². The predicted molar refractivity (Wildman–Crippen MR) is 101 cm³/mol. The highest BCUT2D eigenvalue weighted by Gasteiger charge is 2.34. The van der Waals surface area contributed by atoms with Crippen LogP contribution < -0.4 is 5.32 Å². The molecule has 1 N–H and O–H groups in total. The fourth-order valence-corrected chi connectivity index (χ4v) is 3.28. The highest BCUT2D eigenvalue weighted by molar-refractivity contribution is 8.18. The third kappa shape index (κ3) is 4.30. The number of nitrogens with zero attached hydrogens (tertiary/aromatic N) is 2. The van der Waals surface area contributed by atoms with Crippen molar-refractivity contribution in [1.82, 2.24) is 15.2 Å². The fraction of sp³-hybridized carbons (Fsp3) is 0.111. The minimum Gasteiger partial charge on any atom is -0.350 e. The number of benzene rings is 1. The molecule has 1 saturated heterocycles. The molecule has 26 heavy (non-hydrogen) atoms. The van der Waals surface area contributed by atoms with E-state index in [1.807, 2.05) is 0 Å². The molecule has 0 radical (unpaired) electrons. The predicted octanol–water partition coefficient (Wildman–Crippen LogP) is 3.20. The molecular weight excluding hydrogens is 374 g/mol. The minimum absolute atomic E-state index is 0.111. The van der Waals surface area contributed by atoms with Gasteiger partial charge in [-0.25, -0.2) is 0 Å². The summed E-state index contributed by atoms with van der Waals surface area (Å²) in [5.41, 5.74) is 1.25. The average Bonchev–Trinajstić information content (AvgIpc) is 2.91. The van der Waals surface area contributed by atoms with E-state index in [-0.39, 0.29) is 30.1 Å². The first-order valence-electron chi connectivity index (χ1n) is 7.74. The number of rotatable bonds is 5. The van der Waals surface area contributed by atoms with Crippen molar-refractivity contribution in [3.05, 3.63) is 69.8 Å². The largest absolute Gasteiger partial charge is 0.350 e. The Bertz CT molecular complexity index is 869. The summed E-state index contributed by atoms with van der Waals surface area (Å²) in [5, 5.41) is 2.93. The highest BCUT2D eigenvalue weighted by Crippen LogP contribution is 2.32. The van der Waals surface area contributed by atoms with E-state index < -0.39 is 0 Å². The molecule has 3 amide bonds. The maximum atomic E-state index is 12.4. The van der Waals surface area contributed by atoms with Crippen LogP contribution in [-0.4, -0.2) is 40.0 Å². The molecule has 132 valence electrons. The Hall–Kier alpha value is -2.64. The molecule has 3 rings (SSSR count). The minimum atomic E-state index is -0.367. The molecule has 0 spiro atoms. The Morgan fingerprint density at radius 2 is 1.85 bits per heavy atom. The molecule has 0 aliphatic carbocycles. The number of pyridine rings is 1. The van der Waals surface area contributed by atoms with E-state index in [9.17, 15) is 14.4 Å². The maximum Gasteiger partial charge on any atom is 0.293 e. The SMILES string of the molecule is O=C(NCCN1C(=O)S/C(=C\c2ccc(Cl)cc2)C1=O)c1ccncc1. The second-order valence-corrected chi connectivity index (χ2v) is 6.81. The second kappa shape index (κ2) is 8.16. The molecule has 1 aliphatic rings. The molecule has 1 aromatic carbocycles. The van der Waals surface area contributed by atoms with Gasteiger partial charge in [0.1, 0.15) is 0 Å². The molecule has 2 aromatic rings. The molecule has 1 aromatic heterocycles. The van der Waals surface area contributed by atoms with Crippen LogP contribution >= 0.6 is 23.4 Å². The van der Waals surface area contributed by atoms with E-state index in [2.05, 4.69) is 10.3 Å². The number of carbonyl (C=O) groups excluding carboxylic acids is 3. The molecule has 1 fully saturated rings. The molecule has 0 bridgehead atoms. The van der Waals surface area contributed by atoms with Gasteiger partial charge in [0.2, 0.25) is 0 Å². The number of hydrogen-bond donors (Lipinski definition) is 1. The van der Waals surface area contributed by atoms with Crippen molar-refractivity contribution in [2.75, 3.05) is 13.1 Å². The summed E-state index contributed by atoms with van der Waals surface area (Å²) in [6.45, 7) is 0.285. The van der Waals surface area contributed by atoms with E-state index in [1.54, 1.807) is 42.5 Å². The molecule has 0 saturated carbocycles. The number of thioether (sulfide) groups is 1. The zero-order valence-corrected chi connectivity index (χ0v) is 15.1. The van der Waals surface area contributed by atoms with Crippen LogP contribution in [0.4, 0.5) is 4.79 Å². The quantitative estimate of drug-likeness (QED) is 0.797. The summed E-state index contributed by atoms with van der Waals surface area (Å²) < 4.78 is 0. The fourth-order valence-electron chi connectivity index (χ4n) is 2.29. The van der Waals surface area contributed by atoms with Gasteiger partial charge in [-0.2, -0.15) is 0 Å². The molecular formula is C18H14ClN3O3S. The van der Waals surface area contributed by atoms with Crippen molar-refractivity contribution in [1.29, 1.82) is 0 Å². The molecule has 8 heteroatoms. The zero-order chi connectivity index (χ0) is 18.5. The van der Waals surface area contributed by atoms with E-state index in [1.165, 1.54) is 12.4 Å². The Kier molecular flexibility index (Phi) is 5.70. The van der Waals surface area contributed by atoms with Crippen LogP contribution in [0.2, 0.25) is 5.02 Å². The first kappa shape index (κ1) is 18.2. The second-order valence-electron chi connectivity index (χ2n) is 5.38. The van der Waals surface area contributed by atoms with Gasteiger partial charge in [0.25, 0.3) is 17.1 Å². The number of halogens is 1. The zero-order valence-electron chi connectivity index (χ0n) is 13.5. The maximum absolute atomic E-state index is 12.4. The highest BCUT2D eigenvalue weighted by atomic mass is 35.5. The van der Waals surface area contributed by atoms with Crippen molar-refractivity contribution >= 4 is 46.5 Å². The van der Waals surface area contributed by atoms with Crippen LogP contribution in [0.5, 0.6) is 0 Å².